The number of nitro groups is 1. The summed E-state index contributed by atoms with van der Waals surface area (Å²) in [6, 6.07) is 5.90. The maximum Gasteiger partial charge on any atom is 0.340 e. The minimum Gasteiger partial charge on any atom is -0.454 e. The van der Waals surface area contributed by atoms with Gasteiger partial charge in [0, 0.05) is 48.7 Å². The zero-order chi connectivity index (χ0) is 22.5. The van der Waals surface area contributed by atoms with Gasteiger partial charge in [0.25, 0.3) is 5.69 Å². The molecule has 0 bridgehead atoms. The number of nitrogens with zero attached hydrogens (tertiary/aromatic N) is 3. The zero-order valence-electron chi connectivity index (χ0n) is 18.1. The fraction of sp³-hybridized carbons (Fsp3) is 0.455. The molecule has 3 rings (SSSR count). The third kappa shape index (κ3) is 4.93. The van der Waals surface area contributed by atoms with E-state index in [4.69, 9.17) is 9.47 Å². The Balaban J connectivity index is 1.79. The SMILES string of the molecule is CCCn1c(C)cc(C(=O)COC(=O)c2cc([N+](=O)[O-])ccc2N2CCOCC2)c1C. The summed E-state index contributed by atoms with van der Waals surface area (Å²) in [5, 5.41) is 11.2. The minimum absolute atomic E-state index is 0.0698. The van der Waals surface area contributed by atoms with Crippen molar-refractivity contribution < 1.29 is 24.0 Å². The van der Waals surface area contributed by atoms with E-state index in [-0.39, 0.29) is 17.0 Å². The number of hydrogen-bond donors (Lipinski definition) is 0. The van der Waals surface area contributed by atoms with Crippen molar-refractivity contribution in [3.63, 3.8) is 0 Å². The summed E-state index contributed by atoms with van der Waals surface area (Å²) in [7, 11) is 0. The number of ether oxygens (including phenoxy) is 2. The van der Waals surface area contributed by atoms with Gasteiger partial charge < -0.3 is 18.9 Å². The first-order valence-corrected chi connectivity index (χ1v) is 10.3. The van der Waals surface area contributed by atoms with Crippen LogP contribution in [0.5, 0.6) is 0 Å². The summed E-state index contributed by atoms with van der Waals surface area (Å²) < 4.78 is 12.7. The highest BCUT2D eigenvalue weighted by atomic mass is 16.6. The molecule has 9 nitrogen and oxygen atoms in total. The monoisotopic (exact) mass is 429 g/mol. The minimum atomic E-state index is -0.763. The van der Waals surface area contributed by atoms with Gasteiger partial charge in [0.05, 0.1) is 29.4 Å². The number of benzene rings is 1. The molecule has 0 aliphatic carbocycles. The highest BCUT2D eigenvalue weighted by molar-refractivity contribution is 6.02. The van der Waals surface area contributed by atoms with Crippen LogP contribution in [0.25, 0.3) is 0 Å². The van der Waals surface area contributed by atoms with Gasteiger partial charge in [-0.25, -0.2) is 4.79 Å². The number of anilines is 1. The van der Waals surface area contributed by atoms with Gasteiger partial charge in [-0.1, -0.05) is 6.92 Å². The van der Waals surface area contributed by atoms with E-state index in [0.29, 0.717) is 37.6 Å². The summed E-state index contributed by atoms with van der Waals surface area (Å²) in [5.74, 6) is -1.07. The molecule has 0 N–H and O–H groups in total. The van der Waals surface area contributed by atoms with Gasteiger partial charge in [0.15, 0.2) is 6.61 Å². The van der Waals surface area contributed by atoms with Crippen LogP contribution in [-0.2, 0) is 16.0 Å². The molecule has 1 aliphatic rings. The van der Waals surface area contributed by atoms with Crippen LogP contribution < -0.4 is 4.90 Å². The quantitative estimate of drug-likeness (QED) is 0.274. The number of non-ortho nitro benzene ring substituents is 1. The molecule has 1 fully saturated rings. The van der Waals surface area contributed by atoms with E-state index in [1.54, 1.807) is 12.1 Å². The molecular weight excluding hydrogens is 402 g/mol. The lowest BCUT2D eigenvalue weighted by Crippen LogP contribution is -2.37. The topological polar surface area (TPSA) is 104 Å². The molecule has 1 aliphatic heterocycles. The first-order valence-electron chi connectivity index (χ1n) is 10.3. The summed E-state index contributed by atoms with van der Waals surface area (Å²) in [5.41, 5.74) is 2.73. The summed E-state index contributed by atoms with van der Waals surface area (Å²) in [4.78, 5) is 38.1. The average Bonchev–Trinajstić information content (AvgIpc) is 3.06. The summed E-state index contributed by atoms with van der Waals surface area (Å²) >= 11 is 0. The van der Waals surface area contributed by atoms with Crippen molar-refractivity contribution in [2.24, 2.45) is 0 Å². The lowest BCUT2D eigenvalue weighted by molar-refractivity contribution is -0.384. The van der Waals surface area contributed by atoms with Gasteiger partial charge in [-0.2, -0.15) is 0 Å². The van der Waals surface area contributed by atoms with Gasteiger partial charge in [-0.15, -0.1) is 0 Å². The number of esters is 1. The lowest BCUT2D eigenvalue weighted by atomic mass is 10.1. The predicted molar refractivity (Wildman–Crippen MR) is 115 cm³/mol. The molecule has 0 radical (unpaired) electrons. The van der Waals surface area contributed by atoms with Crippen LogP contribution in [0.3, 0.4) is 0 Å². The van der Waals surface area contributed by atoms with Gasteiger partial charge in [-0.05, 0) is 32.4 Å². The predicted octanol–water partition coefficient (Wildman–Crippen LogP) is 3.30. The molecule has 1 aromatic heterocycles. The van der Waals surface area contributed by atoms with Crippen molar-refractivity contribution in [2.75, 3.05) is 37.8 Å². The van der Waals surface area contributed by atoms with Crippen LogP contribution in [0.15, 0.2) is 24.3 Å². The Bertz CT molecular complexity index is 991. The Kier molecular flexibility index (Phi) is 7.06. The maximum absolute atomic E-state index is 12.8. The third-order valence-corrected chi connectivity index (χ3v) is 5.42. The Hall–Kier alpha value is -3.20. The second kappa shape index (κ2) is 9.74. The highest BCUT2D eigenvalue weighted by Crippen LogP contribution is 2.27. The number of rotatable bonds is 8. The van der Waals surface area contributed by atoms with Crippen LogP contribution in [0.4, 0.5) is 11.4 Å². The Morgan fingerprint density at radius 2 is 1.87 bits per heavy atom. The van der Waals surface area contributed by atoms with E-state index in [2.05, 4.69) is 11.5 Å². The number of nitro benzene ring substituents is 1. The Labute approximate surface area is 180 Å². The molecule has 31 heavy (non-hydrogen) atoms. The largest absolute Gasteiger partial charge is 0.454 e. The van der Waals surface area contributed by atoms with Crippen molar-refractivity contribution in [3.05, 3.63) is 56.9 Å². The van der Waals surface area contributed by atoms with Crippen molar-refractivity contribution in [3.8, 4) is 0 Å². The van der Waals surface area contributed by atoms with Crippen molar-refractivity contribution in [1.29, 1.82) is 0 Å². The molecule has 1 aromatic carbocycles. The molecule has 0 unspecified atom stereocenters. The highest BCUT2D eigenvalue weighted by Gasteiger charge is 2.24. The fourth-order valence-electron chi connectivity index (χ4n) is 3.82. The molecular formula is C22H27N3O6. The Morgan fingerprint density at radius 3 is 2.52 bits per heavy atom. The summed E-state index contributed by atoms with van der Waals surface area (Å²) in [6.45, 7) is 8.35. The van der Waals surface area contributed by atoms with Crippen LogP contribution in [-0.4, -0.2) is 54.2 Å². The average molecular weight is 429 g/mol. The molecule has 1 saturated heterocycles. The molecule has 0 spiro atoms. The van der Waals surface area contributed by atoms with Crippen molar-refractivity contribution in [2.45, 2.75) is 33.7 Å². The number of Topliss-reactive ketones (excluding diaryl/α,β-unsaturated/α-hetero) is 1. The van der Waals surface area contributed by atoms with E-state index < -0.39 is 17.5 Å². The second-order valence-corrected chi connectivity index (χ2v) is 7.49. The number of carbonyl (C=O) groups is 2. The number of aryl methyl sites for hydroxylation is 1. The number of carbonyl (C=O) groups excluding carboxylic acids is 2. The molecule has 0 amide bonds. The van der Waals surface area contributed by atoms with Gasteiger partial charge >= 0.3 is 5.97 Å². The maximum atomic E-state index is 12.8. The standard InChI is InChI=1S/C22H27N3O6/c1-4-7-24-15(2)12-18(16(24)3)21(26)14-31-22(27)19-13-17(25(28)29)5-6-20(19)23-8-10-30-11-9-23/h5-6,12-13H,4,7-11,14H2,1-3H3. The zero-order valence-corrected chi connectivity index (χ0v) is 18.1. The number of morpholine rings is 1. The number of ketones is 1. The van der Waals surface area contributed by atoms with Crippen molar-refractivity contribution >= 4 is 23.1 Å². The molecule has 2 heterocycles. The van der Waals surface area contributed by atoms with E-state index in [1.165, 1.54) is 12.1 Å². The van der Waals surface area contributed by atoms with Gasteiger partial charge in [-0.3, -0.25) is 14.9 Å². The Morgan fingerprint density at radius 1 is 1.16 bits per heavy atom. The van der Waals surface area contributed by atoms with Gasteiger partial charge in [0.2, 0.25) is 5.78 Å². The second-order valence-electron chi connectivity index (χ2n) is 7.49. The smallest absolute Gasteiger partial charge is 0.340 e. The fourth-order valence-corrected chi connectivity index (χ4v) is 3.82. The van der Waals surface area contributed by atoms with E-state index in [9.17, 15) is 19.7 Å². The van der Waals surface area contributed by atoms with Crippen LogP contribution >= 0.6 is 0 Å². The first-order chi connectivity index (χ1) is 14.8. The third-order valence-electron chi connectivity index (χ3n) is 5.42. The summed E-state index contributed by atoms with van der Waals surface area (Å²) in [6.07, 6.45) is 0.941. The van der Waals surface area contributed by atoms with Crippen molar-refractivity contribution in [1.82, 2.24) is 4.57 Å². The molecule has 9 heteroatoms. The first kappa shape index (κ1) is 22.5. The normalized spacial score (nSPS) is 13.8. The van der Waals surface area contributed by atoms with Crippen LogP contribution in [0, 0.1) is 24.0 Å². The molecule has 0 atom stereocenters. The van der Waals surface area contributed by atoms with E-state index in [0.717, 1.165) is 24.4 Å². The lowest BCUT2D eigenvalue weighted by Gasteiger charge is -2.30. The number of aromatic nitrogens is 1. The molecule has 2 aromatic rings. The van der Waals surface area contributed by atoms with Gasteiger partial charge in [0.1, 0.15) is 0 Å². The number of hydrogen-bond acceptors (Lipinski definition) is 7. The molecule has 0 saturated carbocycles. The van der Waals surface area contributed by atoms with Crippen LogP contribution in [0.2, 0.25) is 0 Å². The van der Waals surface area contributed by atoms with E-state index >= 15 is 0 Å². The molecule has 166 valence electrons. The van der Waals surface area contributed by atoms with Crippen LogP contribution in [0.1, 0.15) is 45.4 Å². The van der Waals surface area contributed by atoms with E-state index in [1.807, 2.05) is 18.7 Å².